The number of esters is 1. The zero-order valence-electron chi connectivity index (χ0n) is 31.6. The van der Waals surface area contributed by atoms with Crippen molar-refractivity contribution in [1.82, 2.24) is 29.9 Å². The number of methoxy groups -OCH3 is 1. The molecule has 12 nitrogen and oxygen atoms in total. The normalized spacial score (nSPS) is 19.7. The van der Waals surface area contributed by atoms with E-state index in [1.54, 1.807) is 32.5 Å². The molecule has 2 aliphatic carbocycles. The molecule has 1 unspecified atom stereocenters. The molecule has 1 atom stereocenters. The topological polar surface area (TPSA) is 131 Å². The Hall–Kier alpha value is -4.37. The van der Waals surface area contributed by atoms with Crippen LogP contribution in [-0.2, 0) is 25.2 Å². The Labute approximate surface area is 313 Å². The van der Waals surface area contributed by atoms with Crippen LogP contribution in [0.5, 0.6) is 0 Å². The van der Waals surface area contributed by atoms with Gasteiger partial charge in [-0.25, -0.2) is 29.7 Å². The predicted octanol–water partition coefficient (Wildman–Crippen LogP) is 7.20. The van der Waals surface area contributed by atoms with Gasteiger partial charge in [-0.05, 0) is 57.2 Å². The number of fused-ring (bicyclic) bond motifs is 1. The molecule has 5 heterocycles. The molecule has 0 bridgehead atoms. The van der Waals surface area contributed by atoms with Crippen molar-refractivity contribution in [3.8, 4) is 22.8 Å². The Morgan fingerprint density at radius 2 is 1.81 bits per heavy atom. The van der Waals surface area contributed by atoms with Crippen LogP contribution >= 0.6 is 0 Å². The average Bonchev–Trinajstić information content (AvgIpc) is 3.74. The van der Waals surface area contributed by atoms with Crippen LogP contribution in [0.25, 0.3) is 33.9 Å². The van der Waals surface area contributed by atoms with Crippen molar-refractivity contribution in [3.05, 3.63) is 42.0 Å². The fourth-order valence-corrected chi connectivity index (χ4v) is 8.16. The molecule has 1 N–H and O–H groups in total. The second-order valence-electron chi connectivity index (χ2n) is 15.8. The van der Waals surface area contributed by atoms with Gasteiger partial charge >= 0.3 is 12.1 Å². The number of hydrogen-bond donors (Lipinski definition) is 1. The number of aromatic nitrogens is 6. The zero-order chi connectivity index (χ0) is 38.3. The molecule has 290 valence electrons. The summed E-state index contributed by atoms with van der Waals surface area (Å²) in [6.07, 6.45) is 5.33. The smallest absolute Gasteiger partial charge is 0.433 e. The van der Waals surface area contributed by atoms with Gasteiger partial charge in [-0.1, -0.05) is 26.7 Å². The molecule has 4 aromatic heterocycles. The molecule has 7 rings (SSSR count). The van der Waals surface area contributed by atoms with Crippen LogP contribution in [-0.4, -0.2) is 95.6 Å². The number of piperidine rings is 1. The van der Waals surface area contributed by atoms with Crippen LogP contribution in [0.15, 0.2) is 30.6 Å². The predicted molar refractivity (Wildman–Crippen MR) is 198 cm³/mol. The number of carbonyl (C=O) groups is 1. The molecule has 0 spiro atoms. The van der Waals surface area contributed by atoms with E-state index < -0.39 is 11.9 Å². The summed E-state index contributed by atoms with van der Waals surface area (Å²) >= 11 is 0. The lowest BCUT2D eigenvalue weighted by molar-refractivity contribution is -0.153. The minimum atomic E-state index is -4.59. The van der Waals surface area contributed by atoms with Gasteiger partial charge in [-0.15, -0.1) is 0 Å². The van der Waals surface area contributed by atoms with Crippen LogP contribution in [0.4, 0.5) is 24.7 Å². The number of nitrogens with zero attached hydrogens (tertiary/aromatic N) is 7. The van der Waals surface area contributed by atoms with Gasteiger partial charge in [0.05, 0.1) is 43.1 Å². The van der Waals surface area contributed by atoms with Gasteiger partial charge in [0.2, 0.25) is 0 Å². The molecule has 2 saturated carbocycles. The molecule has 3 aliphatic rings. The Morgan fingerprint density at radius 1 is 1.04 bits per heavy atom. The van der Waals surface area contributed by atoms with Crippen LogP contribution in [0.1, 0.15) is 83.0 Å². The molecule has 54 heavy (non-hydrogen) atoms. The molecule has 4 aromatic rings. The number of nitrogens with one attached hydrogen (secondary N) is 1. The Kier molecular flexibility index (Phi) is 10.6. The van der Waals surface area contributed by atoms with Crippen molar-refractivity contribution in [2.24, 2.45) is 10.8 Å². The van der Waals surface area contributed by atoms with Gasteiger partial charge in [0.1, 0.15) is 29.3 Å². The van der Waals surface area contributed by atoms with Crippen LogP contribution in [0, 0.1) is 10.8 Å². The van der Waals surface area contributed by atoms with E-state index >= 15 is 0 Å². The standard InChI is InChI=1S/C39H49F3N8O4/c1-6-53-33(51)20-54-31-11-14-50(21-37(31,2)3)32-19-43-28(18-44-32)35-47-34-29(49(4)22-38(23-52-5)12-7-8-13-38)17-27(46-36(34)48-35)25-15-26(24-9-10-24)45-30(16-25)39(40,41)42/h15-19,24,31H,6-14,20-23H2,1-5H3,(H,46,47,48). The maximum absolute atomic E-state index is 14.1. The fourth-order valence-electron chi connectivity index (χ4n) is 8.16. The molecule has 3 fully saturated rings. The first-order valence-corrected chi connectivity index (χ1v) is 18.8. The number of carbonyl (C=O) groups excluding carboxylic acids is 1. The van der Waals surface area contributed by atoms with Crippen molar-refractivity contribution in [3.63, 3.8) is 0 Å². The highest BCUT2D eigenvalue weighted by atomic mass is 19.4. The summed E-state index contributed by atoms with van der Waals surface area (Å²) in [5.41, 5.74) is 2.27. The van der Waals surface area contributed by atoms with E-state index in [2.05, 4.69) is 33.6 Å². The number of aromatic amines is 1. The number of hydrogen-bond acceptors (Lipinski definition) is 11. The SMILES string of the molecule is CCOC(=O)COC1CCN(c2cnc(-c3nc4nc(-c5cc(C6CC6)nc(C(F)(F)F)c5)cc(N(C)CC5(COC)CCCC5)c4[nH]3)cn2)CC1(C)C. The van der Waals surface area contributed by atoms with E-state index in [-0.39, 0.29) is 35.4 Å². The van der Waals surface area contributed by atoms with E-state index in [0.29, 0.717) is 84.7 Å². The number of halogens is 3. The number of anilines is 2. The van der Waals surface area contributed by atoms with E-state index in [4.69, 9.17) is 34.1 Å². The van der Waals surface area contributed by atoms with Gasteiger partial charge in [0.15, 0.2) is 11.5 Å². The monoisotopic (exact) mass is 750 g/mol. The number of ether oxygens (including phenoxy) is 3. The van der Waals surface area contributed by atoms with Crippen LogP contribution in [0.3, 0.4) is 0 Å². The molecule has 0 radical (unpaired) electrons. The molecular formula is C39H49F3N8O4. The Bertz CT molecular complexity index is 1960. The van der Waals surface area contributed by atoms with Gasteiger partial charge in [0.25, 0.3) is 0 Å². The Morgan fingerprint density at radius 3 is 2.46 bits per heavy atom. The number of imidazole rings is 1. The summed E-state index contributed by atoms with van der Waals surface area (Å²) in [7, 11) is 3.72. The maximum atomic E-state index is 14.1. The zero-order valence-corrected chi connectivity index (χ0v) is 31.6. The second kappa shape index (κ2) is 15.0. The lowest BCUT2D eigenvalue weighted by atomic mass is 9.81. The summed E-state index contributed by atoms with van der Waals surface area (Å²) in [6, 6.07) is 4.67. The first-order chi connectivity index (χ1) is 25.8. The third-order valence-electron chi connectivity index (χ3n) is 11.0. The van der Waals surface area contributed by atoms with E-state index in [1.165, 1.54) is 0 Å². The molecule has 0 amide bonds. The fraction of sp³-hybridized carbons (Fsp3) is 0.590. The van der Waals surface area contributed by atoms with E-state index in [0.717, 1.165) is 50.3 Å². The lowest BCUT2D eigenvalue weighted by Gasteiger charge is -2.44. The van der Waals surface area contributed by atoms with Crippen molar-refractivity contribution < 1.29 is 32.2 Å². The second-order valence-corrected chi connectivity index (χ2v) is 15.8. The van der Waals surface area contributed by atoms with Crippen molar-refractivity contribution >= 4 is 28.6 Å². The molecule has 15 heteroatoms. The summed E-state index contributed by atoms with van der Waals surface area (Å²) < 4.78 is 58.8. The molecule has 0 aromatic carbocycles. The molecule has 1 aliphatic heterocycles. The largest absolute Gasteiger partial charge is 0.464 e. The first-order valence-electron chi connectivity index (χ1n) is 18.8. The van der Waals surface area contributed by atoms with Crippen molar-refractivity contribution in [2.45, 2.75) is 83.9 Å². The summed E-state index contributed by atoms with van der Waals surface area (Å²) in [4.78, 5) is 42.7. The highest BCUT2D eigenvalue weighted by Gasteiger charge is 2.39. The summed E-state index contributed by atoms with van der Waals surface area (Å²) in [6.45, 7) is 8.86. The van der Waals surface area contributed by atoms with Crippen molar-refractivity contribution in [1.29, 1.82) is 0 Å². The third-order valence-corrected chi connectivity index (χ3v) is 11.0. The number of alkyl halides is 3. The first kappa shape index (κ1) is 37.9. The minimum absolute atomic E-state index is 0.0221. The number of pyridine rings is 2. The Balaban J connectivity index is 1.20. The maximum Gasteiger partial charge on any atom is 0.433 e. The van der Waals surface area contributed by atoms with Crippen LogP contribution in [0.2, 0.25) is 0 Å². The van der Waals surface area contributed by atoms with E-state index in [1.807, 2.05) is 13.1 Å². The average molecular weight is 751 g/mol. The number of H-pyrrole nitrogens is 1. The van der Waals surface area contributed by atoms with Gasteiger partial charge in [-0.3, -0.25) is 0 Å². The van der Waals surface area contributed by atoms with Gasteiger partial charge in [0, 0.05) is 61.8 Å². The van der Waals surface area contributed by atoms with Gasteiger partial charge < -0.3 is 29.0 Å². The minimum Gasteiger partial charge on any atom is -0.464 e. The summed E-state index contributed by atoms with van der Waals surface area (Å²) in [5, 5.41) is 0. The van der Waals surface area contributed by atoms with E-state index in [9.17, 15) is 18.0 Å². The van der Waals surface area contributed by atoms with Crippen LogP contribution < -0.4 is 9.80 Å². The quantitative estimate of drug-likeness (QED) is 0.139. The highest BCUT2D eigenvalue weighted by molar-refractivity contribution is 5.91. The highest BCUT2D eigenvalue weighted by Crippen LogP contribution is 2.44. The third kappa shape index (κ3) is 8.16. The summed E-state index contributed by atoms with van der Waals surface area (Å²) in [5.74, 6) is 0.810. The number of rotatable bonds is 13. The molecule has 1 saturated heterocycles. The molecular weight excluding hydrogens is 701 g/mol. The van der Waals surface area contributed by atoms with Crippen molar-refractivity contribution in [2.75, 3.05) is 63.4 Å². The lowest BCUT2D eigenvalue weighted by Crippen LogP contribution is -2.50. The van der Waals surface area contributed by atoms with Gasteiger partial charge in [-0.2, -0.15) is 13.2 Å².